The van der Waals surface area contributed by atoms with Crippen molar-refractivity contribution in [3.8, 4) is 22.0 Å². The first-order valence-electron chi connectivity index (χ1n) is 8.03. The van der Waals surface area contributed by atoms with E-state index in [2.05, 4.69) is 15.3 Å². The average Bonchev–Trinajstić information content (AvgIpc) is 3.35. The molecule has 3 heterocycles. The van der Waals surface area contributed by atoms with E-state index in [4.69, 9.17) is 4.42 Å². The topological polar surface area (TPSA) is 73.0 Å². The van der Waals surface area contributed by atoms with Gasteiger partial charge >= 0.3 is 0 Å². The van der Waals surface area contributed by atoms with Gasteiger partial charge in [0.15, 0.2) is 11.0 Å². The standard InChI is InChI=1S/C19H16N4O2S/c1-12-14(8-11-25-12)18(24)22-19-21-15(13-6-4-3-5-7-13)16(26-19)17-20-9-10-23(17)2/h3-11H,1-2H3,(H,21,22,24). The predicted octanol–water partition coefficient (Wildman–Crippen LogP) is 4.36. The van der Waals surface area contributed by atoms with Crippen molar-refractivity contribution in [2.45, 2.75) is 6.92 Å². The Hall–Kier alpha value is -3.19. The van der Waals surface area contributed by atoms with Gasteiger partial charge in [0.2, 0.25) is 0 Å². The van der Waals surface area contributed by atoms with Crippen molar-refractivity contribution in [1.82, 2.24) is 14.5 Å². The molecule has 0 bridgehead atoms. The zero-order valence-electron chi connectivity index (χ0n) is 14.3. The van der Waals surface area contributed by atoms with Gasteiger partial charge in [-0.25, -0.2) is 9.97 Å². The van der Waals surface area contributed by atoms with Crippen LogP contribution in [0.15, 0.2) is 59.5 Å². The lowest BCUT2D eigenvalue weighted by Crippen LogP contribution is -2.11. The Morgan fingerprint density at radius 1 is 1.23 bits per heavy atom. The SMILES string of the molecule is Cc1occc1C(=O)Nc1nc(-c2ccccc2)c(-c2nccn2C)s1. The van der Waals surface area contributed by atoms with E-state index >= 15 is 0 Å². The minimum atomic E-state index is -0.240. The van der Waals surface area contributed by atoms with E-state index in [1.807, 2.05) is 48.1 Å². The van der Waals surface area contributed by atoms with Gasteiger partial charge in [-0.1, -0.05) is 41.7 Å². The number of nitrogens with one attached hydrogen (secondary N) is 1. The molecule has 4 rings (SSSR count). The minimum Gasteiger partial charge on any atom is -0.469 e. The molecule has 0 fully saturated rings. The number of nitrogens with zero attached hydrogens (tertiary/aromatic N) is 3. The number of amides is 1. The van der Waals surface area contributed by atoms with Crippen LogP contribution in [0.4, 0.5) is 5.13 Å². The molecule has 0 aliphatic carbocycles. The van der Waals surface area contributed by atoms with Crippen LogP contribution >= 0.6 is 11.3 Å². The van der Waals surface area contributed by atoms with Crippen LogP contribution in [-0.4, -0.2) is 20.4 Å². The second kappa shape index (κ2) is 6.61. The maximum Gasteiger partial charge on any atom is 0.260 e. The molecule has 0 atom stereocenters. The molecule has 0 aliphatic rings. The molecule has 6 nitrogen and oxygen atoms in total. The maximum absolute atomic E-state index is 12.5. The molecule has 4 aromatic rings. The number of aromatic nitrogens is 3. The second-order valence-electron chi connectivity index (χ2n) is 5.77. The van der Waals surface area contributed by atoms with Gasteiger partial charge in [0.1, 0.15) is 5.76 Å². The molecule has 1 amide bonds. The van der Waals surface area contributed by atoms with E-state index in [0.717, 1.165) is 22.0 Å². The van der Waals surface area contributed by atoms with Gasteiger partial charge < -0.3 is 8.98 Å². The summed E-state index contributed by atoms with van der Waals surface area (Å²) in [5.41, 5.74) is 2.27. The van der Waals surface area contributed by atoms with Crippen molar-refractivity contribution in [1.29, 1.82) is 0 Å². The van der Waals surface area contributed by atoms with Crippen LogP contribution in [0.2, 0.25) is 0 Å². The van der Waals surface area contributed by atoms with E-state index in [-0.39, 0.29) is 5.91 Å². The third-order valence-corrected chi connectivity index (χ3v) is 4.99. The number of anilines is 1. The highest BCUT2D eigenvalue weighted by Crippen LogP contribution is 2.38. The van der Waals surface area contributed by atoms with E-state index in [9.17, 15) is 4.79 Å². The summed E-state index contributed by atoms with van der Waals surface area (Å²) >= 11 is 1.40. The number of carbonyl (C=O) groups excluding carboxylic acids is 1. The number of carbonyl (C=O) groups is 1. The van der Waals surface area contributed by atoms with Gasteiger partial charge in [0, 0.05) is 25.0 Å². The number of imidazole rings is 1. The number of aryl methyl sites for hydroxylation is 2. The number of hydrogen-bond donors (Lipinski definition) is 1. The van der Waals surface area contributed by atoms with Gasteiger partial charge in [-0.15, -0.1) is 0 Å². The number of thiazole rings is 1. The van der Waals surface area contributed by atoms with E-state index < -0.39 is 0 Å². The predicted molar refractivity (Wildman–Crippen MR) is 101 cm³/mol. The lowest BCUT2D eigenvalue weighted by atomic mass is 10.1. The Morgan fingerprint density at radius 2 is 2.04 bits per heavy atom. The van der Waals surface area contributed by atoms with Crippen molar-refractivity contribution in [2.75, 3.05) is 5.32 Å². The van der Waals surface area contributed by atoms with Gasteiger partial charge in [0.05, 0.1) is 22.4 Å². The maximum atomic E-state index is 12.5. The fraction of sp³-hybridized carbons (Fsp3) is 0.105. The third kappa shape index (κ3) is 2.93. The first-order valence-corrected chi connectivity index (χ1v) is 8.84. The quantitative estimate of drug-likeness (QED) is 0.584. The zero-order chi connectivity index (χ0) is 18.1. The lowest BCUT2D eigenvalue weighted by Gasteiger charge is -2.02. The Balaban J connectivity index is 1.75. The van der Waals surface area contributed by atoms with Crippen LogP contribution in [0.5, 0.6) is 0 Å². The van der Waals surface area contributed by atoms with Crippen molar-refractivity contribution in [2.24, 2.45) is 7.05 Å². The molecule has 3 aromatic heterocycles. The van der Waals surface area contributed by atoms with Crippen LogP contribution in [0.25, 0.3) is 22.0 Å². The monoisotopic (exact) mass is 364 g/mol. The molecule has 1 N–H and O–H groups in total. The molecule has 0 aliphatic heterocycles. The van der Waals surface area contributed by atoms with E-state index in [1.54, 1.807) is 19.2 Å². The summed E-state index contributed by atoms with van der Waals surface area (Å²) < 4.78 is 7.14. The van der Waals surface area contributed by atoms with Gasteiger partial charge in [0.25, 0.3) is 5.91 Å². The summed E-state index contributed by atoms with van der Waals surface area (Å²) in [6.45, 7) is 1.76. The molecule has 0 unspecified atom stereocenters. The molecule has 26 heavy (non-hydrogen) atoms. The zero-order valence-corrected chi connectivity index (χ0v) is 15.1. The van der Waals surface area contributed by atoms with Crippen LogP contribution in [0.1, 0.15) is 16.1 Å². The molecule has 1 aromatic carbocycles. The summed E-state index contributed by atoms with van der Waals surface area (Å²) in [6, 6.07) is 11.5. The van der Waals surface area contributed by atoms with Crippen molar-refractivity contribution in [3.63, 3.8) is 0 Å². The normalized spacial score (nSPS) is 10.8. The van der Waals surface area contributed by atoms with Crippen LogP contribution in [-0.2, 0) is 7.05 Å². The van der Waals surface area contributed by atoms with Crippen LogP contribution in [0.3, 0.4) is 0 Å². The smallest absolute Gasteiger partial charge is 0.260 e. The molecule has 0 spiro atoms. The Labute approximate surface area is 154 Å². The van der Waals surface area contributed by atoms with Crippen molar-refractivity contribution >= 4 is 22.4 Å². The first kappa shape index (κ1) is 16.3. The summed E-state index contributed by atoms with van der Waals surface area (Å²) in [6.07, 6.45) is 5.13. The third-order valence-electron chi connectivity index (χ3n) is 4.02. The number of hydrogen-bond acceptors (Lipinski definition) is 5. The first-order chi connectivity index (χ1) is 12.6. The van der Waals surface area contributed by atoms with Crippen molar-refractivity contribution < 1.29 is 9.21 Å². The van der Waals surface area contributed by atoms with Crippen LogP contribution < -0.4 is 5.32 Å². The fourth-order valence-electron chi connectivity index (χ4n) is 2.69. The fourth-order valence-corrected chi connectivity index (χ4v) is 3.71. The molecule has 130 valence electrons. The Morgan fingerprint density at radius 3 is 2.69 bits per heavy atom. The summed E-state index contributed by atoms with van der Waals surface area (Å²) in [5.74, 6) is 1.14. The highest BCUT2D eigenvalue weighted by Gasteiger charge is 2.20. The summed E-state index contributed by atoms with van der Waals surface area (Å²) in [5, 5.41) is 3.39. The molecule has 7 heteroatoms. The minimum absolute atomic E-state index is 0.240. The Kier molecular flexibility index (Phi) is 4.14. The molecular weight excluding hydrogens is 348 g/mol. The average molecular weight is 364 g/mol. The largest absolute Gasteiger partial charge is 0.469 e. The van der Waals surface area contributed by atoms with Gasteiger partial charge in [-0.3, -0.25) is 10.1 Å². The van der Waals surface area contributed by atoms with E-state index in [0.29, 0.717) is 16.5 Å². The molecule has 0 saturated heterocycles. The Bertz CT molecular complexity index is 1060. The second-order valence-corrected chi connectivity index (χ2v) is 6.77. The lowest BCUT2D eigenvalue weighted by molar-refractivity contribution is 0.102. The van der Waals surface area contributed by atoms with Gasteiger partial charge in [-0.05, 0) is 13.0 Å². The highest BCUT2D eigenvalue weighted by molar-refractivity contribution is 7.19. The summed E-state index contributed by atoms with van der Waals surface area (Å²) in [4.78, 5) is 22.5. The number of rotatable bonds is 4. The molecule has 0 saturated carbocycles. The molecule has 0 radical (unpaired) electrons. The van der Waals surface area contributed by atoms with Crippen molar-refractivity contribution in [3.05, 3.63) is 66.4 Å². The van der Waals surface area contributed by atoms with E-state index in [1.165, 1.54) is 17.6 Å². The highest BCUT2D eigenvalue weighted by atomic mass is 32.1. The summed E-state index contributed by atoms with van der Waals surface area (Å²) in [7, 11) is 1.93. The van der Waals surface area contributed by atoms with Crippen LogP contribution in [0, 0.1) is 6.92 Å². The number of benzene rings is 1. The molecular formula is C19H16N4O2S. The number of furan rings is 1. The van der Waals surface area contributed by atoms with Gasteiger partial charge in [-0.2, -0.15) is 0 Å².